The summed E-state index contributed by atoms with van der Waals surface area (Å²) in [6.07, 6.45) is 3.95. The Labute approximate surface area is 191 Å². The van der Waals surface area contributed by atoms with Crippen molar-refractivity contribution >= 4 is 40.9 Å². The van der Waals surface area contributed by atoms with E-state index in [1.807, 2.05) is 26.0 Å². The first-order valence-corrected chi connectivity index (χ1v) is 11.5. The van der Waals surface area contributed by atoms with Crippen LogP contribution in [0, 0.1) is 17.8 Å². The lowest BCUT2D eigenvalue weighted by molar-refractivity contribution is -0.138. The van der Waals surface area contributed by atoms with Crippen molar-refractivity contribution in [3.8, 4) is 5.75 Å². The molecule has 2 fully saturated rings. The molecule has 1 aliphatic carbocycles. The van der Waals surface area contributed by atoms with Crippen molar-refractivity contribution in [2.75, 3.05) is 7.05 Å². The third-order valence-corrected chi connectivity index (χ3v) is 7.36. The van der Waals surface area contributed by atoms with Gasteiger partial charge in [0.1, 0.15) is 5.75 Å². The zero-order chi connectivity index (χ0) is 22.4. The van der Waals surface area contributed by atoms with Crippen molar-refractivity contribution in [2.24, 2.45) is 17.8 Å². The summed E-state index contributed by atoms with van der Waals surface area (Å²) >= 11 is 3.43. The van der Waals surface area contributed by atoms with Crippen LogP contribution in [-0.4, -0.2) is 47.1 Å². The van der Waals surface area contributed by atoms with Crippen LogP contribution < -0.4 is 0 Å². The van der Waals surface area contributed by atoms with Crippen LogP contribution in [0.15, 0.2) is 39.4 Å². The summed E-state index contributed by atoms with van der Waals surface area (Å²) in [6, 6.07) is 5.30. The molecular weight excluding hydrogens is 461 g/mol. The van der Waals surface area contributed by atoms with Gasteiger partial charge < -0.3 is 14.8 Å². The molecule has 164 valence electrons. The number of hydrogen-bond donors (Lipinski definition) is 2. The number of carbonyl (C=O) groups is 2. The summed E-state index contributed by atoms with van der Waals surface area (Å²) in [4.78, 5) is 26.6. The van der Waals surface area contributed by atoms with Crippen LogP contribution >= 0.6 is 15.9 Å². The van der Waals surface area contributed by atoms with Gasteiger partial charge in [-0.2, -0.15) is 0 Å². The monoisotopic (exact) mass is 487 g/mol. The standard InChI is InChI=1S/C23H27BBrNO5/c1-12(8-14-10-15(25)5-6-18(14)27)4-7-19-20-13(2)9-16-21(17(20)11-24(30)31-19)23(29)26(3)22(16)28/h5-6,8,10,16-17,19,21,27,30H,4,7,9,11H2,1-3H3/b12-8+/t16-,17+,19-,21-/m1/s1. The van der Waals surface area contributed by atoms with Crippen molar-refractivity contribution < 1.29 is 24.4 Å². The Morgan fingerprint density at radius 3 is 2.81 bits per heavy atom. The third-order valence-electron chi connectivity index (χ3n) is 6.87. The largest absolute Gasteiger partial charge is 0.507 e. The fraction of sp³-hybridized carbons (Fsp3) is 0.478. The van der Waals surface area contributed by atoms with Gasteiger partial charge in [0.05, 0.1) is 17.9 Å². The predicted molar refractivity (Wildman–Crippen MR) is 122 cm³/mol. The normalized spacial score (nSPS) is 28.9. The predicted octanol–water partition coefficient (Wildman–Crippen LogP) is 3.78. The second-order valence-electron chi connectivity index (χ2n) is 8.96. The molecular formula is C23H27BBrNO5. The Morgan fingerprint density at radius 2 is 2.06 bits per heavy atom. The van der Waals surface area contributed by atoms with Crippen LogP contribution in [-0.2, 0) is 14.2 Å². The molecule has 2 saturated heterocycles. The molecule has 1 aromatic carbocycles. The van der Waals surface area contributed by atoms with E-state index < -0.39 is 13.0 Å². The van der Waals surface area contributed by atoms with Crippen LogP contribution in [0.1, 0.15) is 38.7 Å². The van der Waals surface area contributed by atoms with Crippen molar-refractivity contribution in [1.29, 1.82) is 0 Å². The first kappa shape index (κ1) is 22.3. The quantitative estimate of drug-likeness (QED) is 0.383. The molecule has 4 rings (SSSR count). The van der Waals surface area contributed by atoms with E-state index in [-0.39, 0.29) is 35.5 Å². The maximum Gasteiger partial charge on any atom is 0.455 e. The van der Waals surface area contributed by atoms with Gasteiger partial charge in [0, 0.05) is 17.1 Å². The van der Waals surface area contributed by atoms with Gasteiger partial charge >= 0.3 is 7.12 Å². The molecule has 6 nitrogen and oxygen atoms in total. The number of amides is 2. The van der Waals surface area contributed by atoms with Crippen molar-refractivity contribution in [3.63, 3.8) is 0 Å². The van der Waals surface area contributed by atoms with E-state index in [4.69, 9.17) is 4.65 Å². The Bertz CT molecular complexity index is 990. The van der Waals surface area contributed by atoms with E-state index in [1.54, 1.807) is 19.2 Å². The summed E-state index contributed by atoms with van der Waals surface area (Å²) in [5.41, 5.74) is 4.00. The molecule has 2 amide bonds. The number of benzene rings is 1. The van der Waals surface area contributed by atoms with E-state index >= 15 is 0 Å². The minimum absolute atomic E-state index is 0.112. The van der Waals surface area contributed by atoms with E-state index in [1.165, 1.54) is 4.90 Å². The second-order valence-corrected chi connectivity index (χ2v) is 9.88. The summed E-state index contributed by atoms with van der Waals surface area (Å²) < 4.78 is 6.80. The van der Waals surface area contributed by atoms with Gasteiger partial charge in [-0.25, -0.2) is 0 Å². The lowest BCUT2D eigenvalue weighted by Gasteiger charge is -2.42. The molecule has 0 spiro atoms. The lowest BCUT2D eigenvalue weighted by atomic mass is 9.59. The summed E-state index contributed by atoms with van der Waals surface area (Å²) in [7, 11) is 0.606. The molecule has 2 heterocycles. The third kappa shape index (κ3) is 4.13. The van der Waals surface area contributed by atoms with Crippen molar-refractivity contribution in [3.05, 3.63) is 45.0 Å². The first-order valence-electron chi connectivity index (χ1n) is 10.7. The SMILES string of the molecule is CC1=C2[C@@H](CC/C(C)=C/c3cc(Br)ccc3O)OB(O)C[C@@H]2[C@@H]2C(=O)N(C)C(=O)[C@@H]2C1. The highest BCUT2D eigenvalue weighted by molar-refractivity contribution is 9.10. The van der Waals surface area contributed by atoms with Crippen LogP contribution in [0.3, 0.4) is 0 Å². The van der Waals surface area contributed by atoms with E-state index in [0.29, 0.717) is 25.6 Å². The molecule has 0 radical (unpaired) electrons. The van der Waals surface area contributed by atoms with E-state index in [9.17, 15) is 19.7 Å². The number of allylic oxidation sites excluding steroid dienone is 2. The molecule has 0 bridgehead atoms. The van der Waals surface area contributed by atoms with Crippen molar-refractivity contribution in [1.82, 2.24) is 4.90 Å². The summed E-state index contributed by atoms with van der Waals surface area (Å²) in [5.74, 6) is -0.909. The van der Waals surface area contributed by atoms with E-state index in [2.05, 4.69) is 15.9 Å². The molecule has 2 aliphatic heterocycles. The number of hydrogen-bond acceptors (Lipinski definition) is 5. The first-order chi connectivity index (χ1) is 14.7. The molecule has 31 heavy (non-hydrogen) atoms. The number of aromatic hydroxyl groups is 1. The zero-order valence-corrected chi connectivity index (χ0v) is 19.6. The fourth-order valence-corrected chi connectivity index (χ4v) is 5.79. The number of imide groups is 1. The van der Waals surface area contributed by atoms with Crippen LogP contribution in [0.4, 0.5) is 0 Å². The smallest absolute Gasteiger partial charge is 0.455 e. The molecule has 8 heteroatoms. The number of phenols is 1. The van der Waals surface area contributed by atoms with Gasteiger partial charge in [-0.3, -0.25) is 14.5 Å². The number of carbonyl (C=O) groups excluding carboxylic acids is 2. The highest BCUT2D eigenvalue weighted by Gasteiger charge is 2.55. The van der Waals surface area contributed by atoms with Crippen LogP contribution in [0.5, 0.6) is 5.75 Å². The molecule has 0 unspecified atom stereocenters. The highest BCUT2D eigenvalue weighted by Crippen LogP contribution is 2.50. The Hall–Kier alpha value is -1.90. The summed E-state index contributed by atoms with van der Waals surface area (Å²) in [6.45, 7) is 4.02. The number of likely N-dealkylation sites (tertiary alicyclic amines) is 1. The lowest BCUT2D eigenvalue weighted by Crippen LogP contribution is -2.45. The zero-order valence-electron chi connectivity index (χ0n) is 18.0. The molecule has 0 saturated carbocycles. The van der Waals surface area contributed by atoms with Gasteiger partial charge in [-0.15, -0.1) is 0 Å². The van der Waals surface area contributed by atoms with Crippen molar-refractivity contribution in [2.45, 2.75) is 45.5 Å². The van der Waals surface area contributed by atoms with Gasteiger partial charge in [0.15, 0.2) is 0 Å². The maximum atomic E-state index is 12.8. The second kappa shape index (κ2) is 8.56. The molecule has 1 aromatic rings. The molecule has 2 N–H and O–H groups in total. The summed E-state index contributed by atoms with van der Waals surface area (Å²) in [5, 5.41) is 20.5. The van der Waals surface area contributed by atoms with Gasteiger partial charge in [0.25, 0.3) is 0 Å². The topological polar surface area (TPSA) is 87.1 Å². The number of nitrogens with zero attached hydrogens (tertiary/aromatic N) is 1. The number of rotatable bonds is 4. The van der Waals surface area contributed by atoms with Gasteiger partial charge in [-0.05, 0) is 69.1 Å². The van der Waals surface area contributed by atoms with Gasteiger partial charge in [-0.1, -0.05) is 33.2 Å². The van der Waals surface area contributed by atoms with E-state index in [0.717, 1.165) is 26.8 Å². The average Bonchev–Trinajstić information content (AvgIpc) is 2.92. The number of fused-ring (bicyclic) bond motifs is 3. The Balaban J connectivity index is 1.55. The number of phenolic OH excluding ortho intramolecular Hbond substituents is 1. The van der Waals surface area contributed by atoms with Crippen LogP contribution in [0.2, 0.25) is 6.32 Å². The molecule has 0 aromatic heterocycles. The number of halogens is 1. The molecule has 3 aliphatic rings. The highest BCUT2D eigenvalue weighted by atomic mass is 79.9. The molecule has 4 atom stereocenters. The Kier molecular flexibility index (Phi) is 6.16. The maximum absolute atomic E-state index is 12.8. The van der Waals surface area contributed by atoms with Gasteiger partial charge in [0.2, 0.25) is 11.8 Å². The average molecular weight is 488 g/mol. The van der Waals surface area contributed by atoms with Crippen LogP contribution in [0.25, 0.3) is 6.08 Å². The Morgan fingerprint density at radius 1 is 1.32 bits per heavy atom. The fourth-order valence-electron chi connectivity index (χ4n) is 5.41. The minimum Gasteiger partial charge on any atom is -0.507 e. The minimum atomic E-state index is -0.947.